The van der Waals surface area contributed by atoms with E-state index in [4.69, 9.17) is 0 Å². The summed E-state index contributed by atoms with van der Waals surface area (Å²) in [5.41, 5.74) is 0. The first-order valence-corrected chi connectivity index (χ1v) is 5.81. The lowest BCUT2D eigenvalue weighted by Crippen LogP contribution is -2.17. The molecule has 1 N–H and O–H groups in total. The van der Waals surface area contributed by atoms with E-state index >= 15 is 0 Å². The number of alkyl halides is 3. The Hall–Kier alpha value is -0.290. The molecule has 1 unspecified atom stereocenters. The fourth-order valence-electron chi connectivity index (χ4n) is 1.64. The number of rotatable bonds is 8. The summed E-state index contributed by atoms with van der Waals surface area (Å²) in [6.45, 7) is -1.00. The summed E-state index contributed by atoms with van der Waals surface area (Å²) in [5, 5.41) is 9.52. The Morgan fingerprint density at radius 3 is 2.44 bits per heavy atom. The molecule has 0 heterocycles. The van der Waals surface area contributed by atoms with Crippen molar-refractivity contribution in [3.05, 3.63) is 0 Å². The van der Waals surface area contributed by atoms with E-state index in [2.05, 4.69) is 4.74 Å². The third kappa shape index (κ3) is 7.06. The second kappa shape index (κ2) is 6.45. The number of ether oxygens (including phenoxy) is 1. The molecule has 0 aromatic heterocycles. The van der Waals surface area contributed by atoms with Crippen LogP contribution in [0.4, 0.5) is 13.2 Å². The van der Waals surface area contributed by atoms with Gasteiger partial charge < -0.3 is 9.84 Å². The van der Waals surface area contributed by atoms with Crippen molar-refractivity contribution in [1.29, 1.82) is 0 Å². The van der Waals surface area contributed by atoms with Crippen LogP contribution in [-0.4, -0.2) is 30.6 Å². The summed E-state index contributed by atoms with van der Waals surface area (Å²) in [4.78, 5) is 0. The van der Waals surface area contributed by atoms with E-state index in [0.717, 1.165) is 32.1 Å². The van der Waals surface area contributed by atoms with Crippen LogP contribution in [0.25, 0.3) is 0 Å². The number of hydrogen-bond donors (Lipinski definition) is 1. The molecule has 5 heteroatoms. The van der Waals surface area contributed by atoms with Gasteiger partial charge >= 0.3 is 6.18 Å². The van der Waals surface area contributed by atoms with Gasteiger partial charge in [-0.1, -0.05) is 12.8 Å². The maximum Gasteiger partial charge on any atom is 0.411 e. The van der Waals surface area contributed by atoms with Crippen molar-refractivity contribution >= 4 is 0 Å². The first-order chi connectivity index (χ1) is 7.49. The molecule has 0 aromatic carbocycles. The molecule has 1 aliphatic carbocycles. The summed E-state index contributed by atoms with van der Waals surface area (Å²) in [6.07, 6.45) is 0.913. The minimum absolute atomic E-state index is 0.152. The molecule has 0 radical (unpaired) electrons. The smallest absolute Gasteiger partial charge is 0.393 e. The topological polar surface area (TPSA) is 29.5 Å². The highest BCUT2D eigenvalue weighted by Crippen LogP contribution is 2.34. The van der Waals surface area contributed by atoms with E-state index in [9.17, 15) is 18.3 Å². The molecular formula is C11H19F3O2. The van der Waals surface area contributed by atoms with E-state index < -0.39 is 12.8 Å². The molecule has 1 atom stereocenters. The zero-order valence-corrected chi connectivity index (χ0v) is 9.30. The lowest BCUT2D eigenvalue weighted by Gasteiger charge is -2.09. The van der Waals surface area contributed by atoms with Gasteiger partial charge in [0.15, 0.2) is 0 Å². The van der Waals surface area contributed by atoms with Crippen molar-refractivity contribution in [3.8, 4) is 0 Å². The number of hydrogen-bond acceptors (Lipinski definition) is 2. The highest BCUT2D eigenvalue weighted by molar-refractivity contribution is 4.80. The van der Waals surface area contributed by atoms with E-state index in [-0.39, 0.29) is 12.7 Å². The molecule has 0 saturated heterocycles. The molecule has 16 heavy (non-hydrogen) atoms. The van der Waals surface area contributed by atoms with Crippen LogP contribution in [0.5, 0.6) is 0 Å². The van der Waals surface area contributed by atoms with Crippen LogP contribution in [0.3, 0.4) is 0 Å². The minimum Gasteiger partial charge on any atom is -0.393 e. The molecule has 1 aliphatic rings. The molecule has 0 bridgehead atoms. The Labute approximate surface area is 93.8 Å². The van der Waals surface area contributed by atoms with Crippen molar-refractivity contribution in [1.82, 2.24) is 0 Å². The monoisotopic (exact) mass is 240 g/mol. The highest BCUT2D eigenvalue weighted by atomic mass is 19.4. The van der Waals surface area contributed by atoms with Gasteiger partial charge in [0, 0.05) is 6.61 Å². The first-order valence-electron chi connectivity index (χ1n) is 5.81. The number of halogens is 3. The van der Waals surface area contributed by atoms with Gasteiger partial charge in [-0.25, -0.2) is 0 Å². The van der Waals surface area contributed by atoms with Gasteiger partial charge in [0.1, 0.15) is 6.61 Å². The minimum atomic E-state index is -4.22. The standard InChI is InChI=1S/C11H19F3O2/c12-11(13,14)8-16-7-3-1-2-4-10(15)9-5-6-9/h9-10,15H,1-8H2. The predicted molar refractivity (Wildman–Crippen MR) is 54.1 cm³/mol. The average Bonchev–Trinajstić information content (AvgIpc) is 2.97. The van der Waals surface area contributed by atoms with Gasteiger partial charge in [-0.2, -0.15) is 13.2 Å². The third-order valence-electron chi connectivity index (χ3n) is 2.72. The van der Waals surface area contributed by atoms with Crippen LogP contribution in [-0.2, 0) is 4.74 Å². The summed E-state index contributed by atoms with van der Waals surface area (Å²) in [7, 11) is 0. The molecule has 0 spiro atoms. The van der Waals surface area contributed by atoms with Crippen LogP contribution < -0.4 is 0 Å². The largest absolute Gasteiger partial charge is 0.411 e. The summed E-state index contributed by atoms with van der Waals surface area (Å²) in [5.74, 6) is 0.487. The Morgan fingerprint density at radius 1 is 1.19 bits per heavy atom. The summed E-state index contributed by atoms with van der Waals surface area (Å²) in [6, 6.07) is 0. The SMILES string of the molecule is OC(CCCCCOCC(F)(F)F)C1CC1. The van der Waals surface area contributed by atoms with Gasteiger partial charge in [0.05, 0.1) is 6.10 Å². The zero-order valence-electron chi connectivity index (χ0n) is 9.30. The fourth-order valence-corrected chi connectivity index (χ4v) is 1.64. The van der Waals surface area contributed by atoms with Crippen molar-refractivity contribution < 1.29 is 23.0 Å². The number of unbranched alkanes of at least 4 members (excludes halogenated alkanes) is 2. The number of aliphatic hydroxyl groups is 1. The van der Waals surface area contributed by atoms with Crippen LogP contribution in [0.1, 0.15) is 38.5 Å². The maximum atomic E-state index is 11.7. The third-order valence-corrected chi connectivity index (χ3v) is 2.72. The first kappa shape index (κ1) is 13.8. The van der Waals surface area contributed by atoms with Crippen LogP contribution in [0.15, 0.2) is 0 Å². The van der Waals surface area contributed by atoms with E-state index in [0.29, 0.717) is 12.3 Å². The Morgan fingerprint density at radius 2 is 1.88 bits per heavy atom. The van der Waals surface area contributed by atoms with Gasteiger partial charge in [0.25, 0.3) is 0 Å². The molecule has 0 amide bonds. The van der Waals surface area contributed by atoms with Crippen LogP contribution >= 0.6 is 0 Å². The molecule has 2 nitrogen and oxygen atoms in total. The molecular weight excluding hydrogens is 221 g/mol. The zero-order chi connectivity index (χ0) is 12.0. The maximum absolute atomic E-state index is 11.7. The van der Waals surface area contributed by atoms with E-state index in [1.807, 2.05) is 0 Å². The summed E-state index contributed by atoms with van der Waals surface area (Å²) < 4.78 is 39.5. The average molecular weight is 240 g/mol. The van der Waals surface area contributed by atoms with Gasteiger partial charge in [0.2, 0.25) is 0 Å². The normalized spacial score (nSPS) is 18.8. The van der Waals surface area contributed by atoms with Crippen LogP contribution in [0, 0.1) is 5.92 Å². The van der Waals surface area contributed by atoms with E-state index in [1.54, 1.807) is 0 Å². The Balaban J connectivity index is 1.81. The molecule has 1 fully saturated rings. The Kier molecular flexibility index (Phi) is 5.55. The van der Waals surface area contributed by atoms with Gasteiger partial charge in [-0.05, 0) is 31.6 Å². The fraction of sp³-hybridized carbons (Fsp3) is 1.00. The molecule has 1 rings (SSSR count). The second-order valence-electron chi connectivity index (χ2n) is 4.42. The number of aliphatic hydroxyl groups excluding tert-OH is 1. The van der Waals surface area contributed by atoms with E-state index in [1.165, 1.54) is 0 Å². The second-order valence-corrected chi connectivity index (χ2v) is 4.42. The van der Waals surface area contributed by atoms with Crippen LogP contribution in [0.2, 0.25) is 0 Å². The Bertz CT molecular complexity index is 190. The van der Waals surface area contributed by atoms with Gasteiger partial charge in [-0.15, -0.1) is 0 Å². The highest BCUT2D eigenvalue weighted by Gasteiger charge is 2.29. The quantitative estimate of drug-likeness (QED) is 0.661. The molecule has 0 aliphatic heterocycles. The molecule has 1 saturated carbocycles. The predicted octanol–water partition coefficient (Wildman–Crippen LogP) is 2.90. The van der Waals surface area contributed by atoms with Crippen molar-refractivity contribution in [2.24, 2.45) is 5.92 Å². The lowest BCUT2D eigenvalue weighted by atomic mass is 10.1. The van der Waals surface area contributed by atoms with Crippen molar-refractivity contribution in [3.63, 3.8) is 0 Å². The van der Waals surface area contributed by atoms with Gasteiger partial charge in [-0.3, -0.25) is 0 Å². The summed E-state index contributed by atoms with van der Waals surface area (Å²) >= 11 is 0. The lowest BCUT2D eigenvalue weighted by molar-refractivity contribution is -0.174. The van der Waals surface area contributed by atoms with Crippen molar-refractivity contribution in [2.45, 2.75) is 50.8 Å². The molecule has 96 valence electrons. The van der Waals surface area contributed by atoms with Crippen molar-refractivity contribution in [2.75, 3.05) is 13.2 Å². The molecule has 0 aromatic rings.